The summed E-state index contributed by atoms with van der Waals surface area (Å²) in [6, 6.07) is 6.78. The lowest BCUT2D eigenvalue weighted by Gasteiger charge is -2.57. The molecule has 0 bridgehead atoms. The van der Waals surface area contributed by atoms with Gasteiger partial charge in [-0.3, -0.25) is 4.79 Å². The van der Waals surface area contributed by atoms with Crippen molar-refractivity contribution in [3.8, 4) is 5.75 Å². The van der Waals surface area contributed by atoms with E-state index in [1.807, 2.05) is 7.05 Å². The van der Waals surface area contributed by atoms with Crippen molar-refractivity contribution in [2.75, 3.05) is 20.8 Å². The van der Waals surface area contributed by atoms with Gasteiger partial charge in [0.05, 0.1) is 6.10 Å². The molecule has 1 fully saturated rings. The van der Waals surface area contributed by atoms with E-state index in [0.717, 1.165) is 19.3 Å². The third kappa shape index (κ3) is 3.63. The van der Waals surface area contributed by atoms with Gasteiger partial charge < -0.3 is 19.5 Å². The van der Waals surface area contributed by atoms with Crippen LogP contribution in [0.25, 0.3) is 0 Å². The van der Waals surface area contributed by atoms with Crippen LogP contribution in [0.4, 0.5) is 0 Å². The number of rotatable bonds is 8. The minimum Gasteiger partial charge on any atom is -0.482 e. The first kappa shape index (κ1) is 19.2. The Morgan fingerprint density at radius 2 is 2.00 bits per heavy atom. The lowest BCUT2D eigenvalue weighted by Crippen LogP contribution is -2.64. The molecule has 1 aromatic carbocycles. The van der Waals surface area contributed by atoms with Gasteiger partial charge in [0.15, 0.2) is 6.61 Å². The summed E-state index contributed by atoms with van der Waals surface area (Å²) in [7, 11) is 3.55. The predicted octanol–water partition coefficient (Wildman–Crippen LogP) is 2.82. The standard InChI is InChI=1S/C19H27NO5/c1-5-19(6-2)15(11-16(19)24-4)20(3)18(23)13-8-7-9-14(10-13)25-12-17(21)22/h7-10,15-16H,5-6,11-12H2,1-4H3,(H,21,22). The van der Waals surface area contributed by atoms with Crippen molar-refractivity contribution >= 4 is 11.9 Å². The number of carbonyl (C=O) groups is 2. The molecule has 0 saturated heterocycles. The number of carboxylic acids is 1. The van der Waals surface area contributed by atoms with Crippen molar-refractivity contribution in [2.45, 2.75) is 45.3 Å². The summed E-state index contributed by atoms with van der Waals surface area (Å²) >= 11 is 0. The largest absolute Gasteiger partial charge is 0.482 e. The van der Waals surface area contributed by atoms with Crippen LogP contribution < -0.4 is 4.74 Å². The first-order valence-electron chi connectivity index (χ1n) is 8.64. The van der Waals surface area contributed by atoms with Gasteiger partial charge in [0, 0.05) is 31.2 Å². The molecule has 0 aliphatic heterocycles. The number of ether oxygens (including phenoxy) is 2. The molecule has 1 N–H and O–H groups in total. The fourth-order valence-corrected chi connectivity index (χ4v) is 3.99. The molecule has 138 valence electrons. The molecule has 6 heteroatoms. The van der Waals surface area contributed by atoms with Crippen molar-refractivity contribution in [1.82, 2.24) is 4.90 Å². The highest BCUT2D eigenvalue weighted by molar-refractivity contribution is 5.94. The van der Waals surface area contributed by atoms with Gasteiger partial charge in [0.25, 0.3) is 5.91 Å². The molecule has 1 aromatic rings. The Hall–Kier alpha value is -2.08. The van der Waals surface area contributed by atoms with Gasteiger partial charge in [-0.1, -0.05) is 19.9 Å². The average molecular weight is 349 g/mol. The first-order valence-corrected chi connectivity index (χ1v) is 8.64. The van der Waals surface area contributed by atoms with Gasteiger partial charge in [-0.05, 0) is 37.5 Å². The maximum Gasteiger partial charge on any atom is 0.341 e. The van der Waals surface area contributed by atoms with Gasteiger partial charge in [0.2, 0.25) is 0 Å². The van der Waals surface area contributed by atoms with Crippen LogP contribution >= 0.6 is 0 Å². The van der Waals surface area contributed by atoms with Crippen LogP contribution in [-0.2, 0) is 9.53 Å². The molecule has 0 aromatic heterocycles. The molecule has 2 atom stereocenters. The number of hydrogen-bond donors (Lipinski definition) is 1. The monoisotopic (exact) mass is 349 g/mol. The second kappa shape index (κ2) is 7.87. The fourth-order valence-electron chi connectivity index (χ4n) is 3.99. The number of carboxylic acid groups (broad SMARTS) is 1. The summed E-state index contributed by atoms with van der Waals surface area (Å²) in [4.78, 5) is 25.3. The number of nitrogens with zero attached hydrogens (tertiary/aromatic N) is 1. The normalized spacial score (nSPS) is 21.3. The van der Waals surface area contributed by atoms with Crippen molar-refractivity contribution in [3.63, 3.8) is 0 Å². The minimum atomic E-state index is -1.05. The summed E-state index contributed by atoms with van der Waals surface area (Å²) in [6.07, 6.45) is 2.90. The van der Waals surface area contributed by atoms with Crippen molar-refractivity contribution in [2.24, 2.45) is 5.41 Å². The van der Waals surface area contributed by atoms with E-state index >= 15 is 0 Å². The summed E-state index contributed by atoms with van der Waals surface area (Å²) in [5, 5.41) is 8.70. The molecule has 2 rings (SSSR count). The van der Waals surface area contributed by atoms with E-state index in [-0.39, 0.29) is 23.5 Å². The second-order valence-electron chi connectivity index (χ2n) is 6.54. The van der Waals surface area contributed by atoms with Gasteiger partial charge in [0.1, 0.15) is 5.75 Å². The molecule has 1 aliphatic rings. The van der Waals surface area contributed by atoms with E-state index in [2.05, 4.69) is 13.8 Å². The van der Waals surface area contributed by atoms with E-state index in [0.29, 0.717) is 11.3 Å². The van der Waals surface area contributed by atoms with Crippen LogP contribution in [0.1, 0.15) is 43.5 Å². The van der Waals surface area contributed by atoms with Crippen LogP contribution in [0, 0.1) is 5.41 Å². The number of hydrogen-bond acceptors (Lipinski definition) is 4. The van der Waals surface area contributed by atoms with Crippen molar-refractivity contribution in [1.29, 1.82) is 0 Å². The lowest BCUT2D eigenvalue weighted by atomic mass is 9.58. The number of amides is 1. The molecule has 25 heavy (non-hydrogen) atoms. The second-order valence-corrected chi connectivity index (χ2v) is 6.54. The zero-order chi connectivity index (χ0) is 18.6. The van der Waals surface area contributed by atoms with E-state index in [4.69, 9.17) is 14.6 Å². The molecule has 1 amide bonds. The van der Waals surface area contributed by atoms with Crippen molar-refractivity contribution < 1.29 is 24.2 Å². The number of carbonyl (C=O) groups excluding carboxylic acids is 1. The highest BCUT2D eigenvalue weighted by Crippen LogP contribution is 2.51. The van der Waals surface area contributed by atoms with Crippen LogP contribution in [0.2, 0.25) is 0 Å². The predicted molar refractivity (Wildman–Crippen MR) is 93.9 cm³/mol. The maximum atomic E-state index is 12.9. The number of benzene rings is 1. The van der Waals surface area contributed by atoms with Crippen molar-refractivity contribution in [3.05, 3.63) is 29.8 Å². The molecular weight excluding hydrogens is 322 g/mol. The summed E-state index contributed by atoms with van der Waals surface area (Å²) in [6.45, 7) is 3.85. The highest BCUT2D eigenvalue weighted by Gasteiger charge is 2.55. The van der Waals surface area contributed by atoms with E-state index in [1.54, 1.807) is 36.3 Å². The molecule has 6 nitrogen and oxygen atoms in total. The van der Waals surface area contributed by atoms with E-state index in [9.17, 15) is 9.59 Å². The van der Waals surface area contributed by atoms with Gasteiger partial charge in [-0.2, -0.15) is 0 Å². The maximum absolute atomic E-state index is 12.9. The number of methoxy groups -OCH3 is 1. The molecule has 2 unspecified atom stereocenters. The Bertz CT molecular complexity index is 626. The first-order chi connectivity index (χ1) is 11.9. The minimum absolute atomic E-state index is 0.0173. The molecule has 1 aliphatic carbocycles. The summed E-state index contributed by atoms with van der Waals surface area (Å²) in [5.74, 6) is -0.765. The van der Waals surface area contributed by atoms with Crippen LogP contribution in [0.15, 0.2) is 24.3 Å². The third-order valence-corrected chi connectivity index (χ3v) is 5.57. The summed E-state index contributed by atoms with van der Waals surface area (Å²) in [5.41, 5.74) is 0.476. The molecule has 1 saturated carbocycles. The van der Waals surface area contributed by atoms with Crippen LogP contribution in [0.5, 0.6) is 5.75 Å². The average Bonchev–Trinajstić information content (AvgIpc) is 2.60. The van der Waals surface area contributed by atoms with Gasteiger partial charge in [-0.25, -0.2) is 4.79 Å². The van der Waals surface area contributed by atoms with Gasteiger partial charge >= 0.3 is 5.97 Å². The third-order valence-electron chi connectivity index (χ3n) is 5.57. The Labute approximate surface area is 148 Å². The smallest absolute Gasteiger partial charge is 0.341 e. The highest BCUT2D eigenvalue weighted by atomic mass is 16.5. The fraction of sp³-hybridized carbons (Fsp3) is 0.579. The zero-order valence-corrected chi connectivity index (χ0v) is 15.3. The Kier molecular flexibility index (Phi) is 6.06. The Balaban J connectivity index is 2.15. The molecule has 0 heterocycles. The van der Waals surface area contributed by atoms with Crippen LogP contribution in [0.3, 0.4) is 0 Å². The SMILES string of the molecule is CCC1(CC)C(OC)CC1N(C)C(=O)c1cccc(OCC(=O)O)c1. The van der Waals surface area contributed by atoms with Gasteiger partial charge in [-0.15, -0.1) is 0 Å². The Morgan fingerprint density at radius 1 is 1.32 bits per heavy atom. The zero-order valence-electron chi connectivity index (χ0n) is 15.3. The molecule has 0 radical (unpaired) electrons. The number of aliphatic carboxylic acids is 1. The van der Waals surface area contributed by atoms with Crippen LogP contribution in [-0.4, -0.2) is 54.8 Å². The summed E-state index contributed by atoms with van der Waals surface area (Å²) < 4.78 is 10.8. The molecule has 0 spiro atoms. The van der Waals surface area contributed by atoms with E-state index in [1.165, 1.54) is 0 Å². The Morgan fingerprint density at radius 3 is 2.56 bits per heavy atom. The van der Waals surface area contributed by atoms with E-state index < -0.39 is 12.6 Å². The molecular formula is C19H27NO5. The quantitative estimate of drug-likeness (QED) is 0.781. The lowest BCUT2D eigenvalue weighted by molar-refractivity contribution is -0.147. The topological polar surface area (TPSA) is 76.1 Å².